The van der Waals surface area contributed by atoms with E-state index in [1.807, 2.05) is 32.9 Å². The van der Waals surface area contributed by atoms with Gasteiger partial charge in [-0.15, -0.1) is 0 Å². The molecule has 0 aliphatic rings. The maximum Gasteiger partial charge on any atom is 0.410 e. The van der Waals surface area contributed by atoms with Crippen molar-refractivity contribution >= 4 is 45.2 Å². The topological polar surface area (TPSA) is 51.7 Å². The summed E-state index contributed by atoms with van der Waals surface area (Å²) in [6.07, 6.45) is 1.27. The molecule has 0 aliphatic carbocycles. The minimum absolute atomic E-state index is 0.215. The molecule has 1 aromatic carbocycles. The molecule has 0 radical (unpaired) electrons. The van der Waals surface area contributed by atoms with E-state index in [0.717, 1.165) is 10.2 Å². The van der Waals surface area contributed by atoms with Crippen molar-refractivity contribution in [2.75, 3.05) is 13.2 Å². The summed E-state index contributed by atoms with van der Waals surface area (Å²) < 4.78 is 11.9. The van der Waals surface area contributed by atoms with Gasteiger partial charge in [0, 0.05) is 6.20 Å². The molecule has 146 valence electrons. The smallest absolute Gasteiger partial charge is 0.410 e. The number of rotatable bonds is 6. The number of aromatic nitrogens is 1. The lowest BCUT2D eigenvalue weighted by molar-refractivity contribution is 0.0209. The molecule has 5 nitrogen and oxygen atoms in total. The van der Waals surface area contributed by atoms with E-state index in [1.54, 1.807) is 29.3 Å². The average Bonchev–Trinajstić information content (AvgIpc) is 2.56. The van der Waals surface area contributed by atoms with Gasteiger partial charge in [0.15, 0.2) is 5.75 Å². The average molecular weight is 476 g/mol. The fourth-order valence-corrected chi connectivity index (χ4v) is 2.90. The first-order valence-corrected chi connectivity index (χ1v) is 9.86. The highest BCUT2D eigenvalue weighted by Gasteiger charge is 2.22. The predicted octanol–water partition coefficient (Wildman–Crippen LogP) is 5.97. The maximum atomic E-state index is 12.6. The standard InChI is InChI=1S/C19H21BrCl2N2O3/c1-19(2,3)27-18(25)24(12-13-7-8-16(20)23-11-13)9-10-26-17-14(21)5-4-6-15(17)22/h4-8,11H,9-10,12H2,1-3H3. The Kier molecular flexibility index (Phi) is 7.77. The summed E-state index contributed by atoms with van der Waals surface area (Å²) in [5.74, 6) is 0.398. The Morgan fingerprint density at radius 3 is 2.41 bits per heavy atom. The molecule has 2 aromatic rings. The van der Waals surface area contributed by atoms with Crippen LogP contribution in [0.4, 0.5) is 4.79 Å². The number of benzene rings is 1. The highest BCUT2D eigenvalue weighted by molar-refractivity contribution is 9.10. The van der Waals surface area contributed by atoms with E-state index in [-0.39, 0.29) is 6.61 Å². The van der Waals surface area contributed by atoms with E-state index in [9.17, 15) is 4.79 Å². The zero-order chi connectivity index (χ0) is 20.0. The van der Waals surface area contributed by atoms with Gasteiger partial charge in [-0.25, -0.2) is 9.78 Å². The molecule has 0 atom stereocenters. The second-order valence-corrected chi connectivity index (χ2v) is 8.42. The first kappa shape index (κ1) is 21.8. The van der Waals surface area contributed by atoms with Gasteiger partial charge in [0.2, 0.25) is 0 Å². The molecule has 1 aromatic heterocycles. The molecule has 0 saturated carbocycles. The van der Waals surface area contributed by atoms with Crippen LogP contribution in [0.1, 0.15) is 26.3 Å². The number of halogens is 3. The van der Waals surface area contributed by atoms with Gasteiger partial charge in [-0.2, -0.15) is 0 Å². The lowest BCUT2D eigenvalue weighted by atomic mass is 10.2. The molecular formula is C19H21BrCl2N2O3. The van der Waals surface area contributed by atoms with Crippen LogP contribution in [-0.4, -0.2) is 34.7 Å². The van der Waals surface area contributed by atoms with E-state index in [4.69, 9.17) is 32.7 Å². The van der Waals surface area contributed by atoms with Crippen LogP contribution in [0.3, 0.4) is 0 Å². The van der Waals surface area contributed by atoms with Gasteiger partial charge >= 0.3 is 6.09 Å². The molecule has 8 heteroatoms. The van der Waals surface area contributed by atoms with Crippen molar-refractivity contribution in [3.8, 4) is 5.75 Å². The molecule has 2 rings (SSSR count). The summed E-state index contributed by atoms with van der Waals surface area (Å²) in [7, 11) is 0. The van der Waals surface area contributed by atoms with Crippen molar-refractivity contribution in [2.45, 2.75) is 32.9 Å². The largest absolute Gasteiger partial charge is 0.489 e. The Morgan fingerprint density at radius 1 is 1.19 bits per heavy atom. The van der Waals surface area contributed by atoms with Gasteiger partial charge in [0.05, 0.1) is 23.1 Å². The number of carbonyl (C=O) groups excluding carboxylic acids is 1. The summed E-state index contributed by atoms with van der Waals surface area (Å²) in [5.41, 5.74) is 0.278. The third kappa shape index (κ3) is 7.20. The van der Waals surface area contributed by atoms with Gasteiger partial charge in [-0.05, 0) is 60.5 Å². The zero-order valence-corrected chi connectivity index (χ0v) is 18.4. The first-order valence-electron chi connectivity index (χ1n) is 8.31. The molecule has 1 amide bonds. The first-order chi connectivity index (χ1) is 12.7. The molecule has 0 fully saturated rings. The van der Waals surface area contributed by atoms with Crippen molar-refractivity contribution in [1.82, 2.24) is 9.88 Å². The Labute approximate surface area is 177 Å². The summed E-state index contributed by atoms with van der Waals surface area (Å²) in [6, 6.07) is 8.84. The van der Waals surface area contributed by atoms with E-state index in [2.05, 4.69) is 20.9 Å². The number of para-hydroxylation sites is 1. The molecule has 27 heavy (non-hydrogen) atoms. The highest BCUT2D eigenvalue weighted by Crippen LogP contribution is 2.32. The molecule has 0 bridgehead atoms. The van der Waals surface area contributed by atoms with E-state index >= 15 is 0 Å². The molecule has 0 spiro atoms. The Hall–Kier alpha value is -1.50. The van der Waals surface area contributed by atoms with Crippen molar-refractivity contribution in [2.24, 2.45) is 0 Å². The van der Waals surface area contributed by atoms with Crippen molar-refractivity contribution in [3.63, 3.8) is 0 Å². The van der Waals surface area contributed by atoms with Crippen LogP contribution < -0.4 is 4.74 Å². The van der Waals surface area contributed by atoms with Crippen molar-refractivity contribution in [3.05, 3.63) is 56.7 Å². The van der Waals surface area contributed by atoms with E-state index < -0.39 is 11.7 Å². The minimum Gasteiger partial charge on any atom is -0.489 e. The van der Waals surface area contributed by atoms with Gasteiger partial charge in [-0.1, -0.05) is 35.3 Å². The predicted molar refractivity (Wildman–Crippen MR) is 111 cm³/mol. The van der Waals surface area contributed by atoms with Crippen LogP contribution >= 0.6 is 39.1 Å². The second-order valence-electron chi connectivity index (χ2n) is 6.79. The Balaban J connectivity index is 2.07. The lowest BCUT2D eigenvalue weighted by Gasteiger charge is -2.27. The highest BCUT2D eigenvalue weighted by atomic mass is 79.9. The number of nitrogens with zero attached hydrogens (tertiary/aromatic N) is 2. The number of carbonyl (C=O) groups is 1. The Morgan fingerprint density at radius 2 is 1.85 bits per heavy atom. The third-order valence-corrected chi connectivity index (χ3v) is 4.40. The summed E-state index contributed by atoms with van der Waals surface area (Å²) in [4.78, 5) is 18.3. The van der Waals surface area contributed by atoms with E-state index in [1.165, 1.54) is 0 Å². The number of amides is 1. The number of hydrogen-bond donors (Lipinski definition) is 0. The van der Waals surface area contributed by atoms with Crippen LogP contribution in [0.2, 0.25) is 10.0 Å². The monoisotopic (exact) mass is 474 g/mol. The molecule has 0 unspecified atom stereocenters. The zero-order valence-electron chi connectivity index (χ0n) is 15.3. The molecular weight excluding hydrogens is 455 g/mol. The number of ether oxygens (including phenoxy) is 2. The summed E-state index contributed by atoms with van der Waals surface area (Å²) >= 11 is 15.5. The van der Waals surface area contributed by atoms with Gasteiger partial charge in [0.25, 0.3) is 0 Å². The van der Waals surface area contributed by atoms with Crippen molar-refractivity contribution in [1.29, 1.82) is 0 Å². The summed E-state index contributed by atoms with van der Waals surface area (Å²) in [6.45, 7) is 6.33. The van der Waals surface area contributed by atoms with Gasteiger partial charge < -0.3 is 14.4 Å². The number of hydrogen-bond acceptors (Lipinski definition) is 4. The SMILES string of the molecule is CC(C)(C)OC(=O)N(CCOc1c(Cl)cccc1Cl)Cc1ccc(Br)nc1. The van der Waals surface area contributed by atoms with E-state index in [0.29, 0.717) is 28.9 Å². The minimum atomic E-state index is -0.597. The molecule has 0 aliphatic heterocycles. The van der Waals surface area contributed by atoms with Crippen LogP contribution in [0, 0.1) is 0 Å². The van der Waals surface area contributed by atoms with Gasteiger partial charge in [0.1, 0.15) is 16.8 Å². The molecule has 1 heterocycles. The second kappa shape index (κ2) is 9.62. The Bertz CT molecular complexity index is 759. The third-order valence-electron chi connectivity index (χ3n) is 3.34. The number of pyridine rings is 1. The fourth-order valence-electron chi connectivity index (χ4n) is 2.16. The normalized spacial score (nSPS) is 11.2. The molecule has 0 N–H and O–H groups in total. The van der Waals surface area contributed by atoms with Crippen LogP contribution in [0.5, 0.6) is 5.75 Å². The molecule has 0 saturated heterocycles. The fraction of sp³-hybridized carbons (Fsp3) is 0.368. The summed E-state index contributed by atoms with van der Waals surface area (Å²) in [5, 5.41) is 0.840. The van der Waals surface area contributed by atoms with Crippen LogP contribution in [-0.2, 0) is 11.3 Å². The van der Waals surface area contributed by atoms with Crippen LogP contribution in [0.25, 0.3) is 0 Å². The van der Waals surface area contributed by atoms with Crippen molar-refractivity contribution < 1.29 is 14.3 Å². The maximum absolute atomic E-state index is 12.6. The van der Waals surface area contributed by atoms with Gasteiger partial charge in [-0.3, -0.25) is 0 Å². The lowest BCUT2D eigenvalue weighted by Crippen LogP contribution is -2.38. The quantitative estimate of drug-likeness (QED) is 0.483. The van der Waals surface area contributed by atoms with Crippen LogP contribution in [0.15, 0.2) is 41.1 Å².